The summed E-state index contributed by atoms with van der Waals surface area (Å²) in [6, 6.07) is 3.29. The number of amides is 2. The maximum Gasteiger partial charge on any atom is 0.251 e. The van der Waals surface area contributed by atoms with E-state index in [-0.39, 0.29) is 17.9 Å². The van der Waals surface area contributed by atoms with Crippen molar-refractivity contribution in [3.05, 3.63) is 22.7 Å². The molecule has 1 aromatic carbocycles. The number of nitrogens with zero attached hydrogens (tertiary/aromatic N) is 1. The van der Waals surface area contributed by atoms with E-state index in [0.717, 1.165) is 12.8 Å². The van der Waals surface area contributed by atoms with Crippen LogP contribution in [0, 0.1) is 11.8 Å². The predicted octanol–water partition coefficient (Wildman–Crippen LogP) is 4.15. The summed E-state index contributed by atoms with van der Waals surface area (Å²) in [5.74, 6) is 1.59. The lowest BCUT2D eigenvalue weighted by Gasteiger charge is -2.33. The molecule has 0 bridgehead atoms. The highest BCUT2D eigenvalue weighted by molar-refractivity contribution is 6.32. The monoisotopic (exact) mass is 424 g/mol. The number of piperidine rings is 1. The van der Waals surface area contributed by atoms with Crippen LogP contribution >= 0.6 is 11.6 Å². The molecule has 0 atom stereocenters. The molecule has 2 rings (SSSR count). The van der Waals surface area contributed by atoms with Crippen LogP contribution in [0.25, 0.3) is 0 Å². The van der Waals surface area contributed by atoms with Crippen molar-refractivity contribution in [1.82, 2.24) is 10.2 Å². The maximum atomic E-state index is 12.7. The Bertz CT molecular complexity index is 713. The second-order valence-electron chi connectivity index (χ2n) is 8.42. The number of carbonyl (C=O) groups excluding carboxylic acids is 2. The predicted molar refractivity (Wildman–Crippen MR) is 115 cm³/mol. The minimum absolute atomic E-state index is 0.0345. The molecule has 1 aliphatic rings. The normalized spacial score (nSPS) is 15.0. The Morgan fingerprint density at radius 3 is 2.38 bits per heavy atom. The van der Waals surface area contributed by atoms with Gasteiger partial charge in [-0.05, 0) is 36.8 Å². The molecule has 0 saturated carbocycles. The highest BCUT2D eigenvalue weighted by atomic mass is 35.5. The number of methoxy groups -OCH3 is 1. The number of halogens is 1. The Balaban J connectivity index is 1.97. The van der Waals surface area contributed by atoms with Crippen LogP contribution in [0.1, 0.15) is 57.3 Å². The first kappa shape index (κ1) is 23.3. The Hall–Kier alpha value is -1.95. The first-order chi connectivity index (χ1) is 13.7. The van der Waals surface area contributed by atoms with Crippen LogP contribution in [0.4, 0.5) is 0 Å². The zero-order valence-corrected chi connectivity index (χ0v) is 18.8. The number of rotatable bonds is 8. The molecule has 1 N–H and O–H groups in total. The van der Waals surface area contributed by atoms with E-state index in [4.69, 9.17) is 21.1 Å². The van der Waals surface area contributed by atoms with Crippen molar-refractivity contribution in [3.63, 3.8) is 0 Å². The van der Waals surface area contributed by atoms with E-state index in [9.17, 15) is 9.59 Å². The lowest BCUT2D eigenvalue weighted by molar-refractivity contribution is -0.133. The quantitative estimate of drug-likeness (QED) is 0.680. The van der Waals surface area contributed by atoms with Crippen LogP contribution < -0.4 is 14.8 Å². The fraction of sp³-hybridized carbons (Fsp3) is 0.636. The largest absolute Gasteiger partial charge is 0.493 e. The molecule has 1 heterocycles. The van der Waals surface area contributed by atoms with Crippen molar-refractivity contribution in [2.24, 2.45) is 11.8 Å². The molecule has 1 saturated heterocycles. The average Bonchev–Trinajstić information content (AvgIpc) is 2.66. The number of benzene rings is 1. The fourth-order valence-corrected chi connectivity index (χ4v) is 3.53. The van der Waals surface area contributed by atoms with Gasteiger partial charge < -0.3 is 19.7 Å². The molecule has 1 aromatic rings. The molecule has 29 heavy (non-hydrogen) atoms. The second-order valence-corrected chi connectivity index (χ2v) is 8.83. The first-order valence-electron chi connectivity index (χ1n) is 10.3. The lowest BCUT2D eigenvalue weighted by Crippen LogP contribution is -2.46. The molecule has 0 aliphatic carbocycles. The third kappa shape index (κ3) is 6.81. The van der Waals surface area contributed by atoms with Crippen molar-refractivity contribution in [2.45, 2.75) is 53.0 Å². The minimum Gasteiger partial charge on any atom is -0.493 e. The molecule has 0 radical (unpaired) electrons. The summed E-state index contributed by atoms with van der Waals surface area (Å²) in [5, 5.41) is 3.40. The number of ether oxygens (including phenoxy) is 2. The topological polar surface area (TPSA) is 67.9 Å². The van der Waals surface area contributed by atoms with Crippen LogP contribution in [0.3, 0.4) is 0 Å². The van der Waals surface area contributed by atoms with Gasteiger partial charge in [0, 0.05) is 31.1 Å². The van der Waals surface area contributed by atoms with Gasteiger partial charge in [-0.1, -0.05) is 39.3 Å². The summed E-state index contributed by atoms with van der Waals surface area (Å²) >= 11 is 6.35. The lowest BCUT2D eigenvalue weighted by atomic mass is 10.0. The highest BCUT2D eigenvalue weighted by Gasteiger charge is 2.25. The second kappa shape index (κ2) is 10.7. The first-order valence-corrected chi connectivity index (χ1v) is 10.7. The smallest absolute Gasteiger partial charge is 0.251 e. The molecule has 6 nitrogen and oxygen atoms in total. The van der Waals surface area contributed by atoms with Gasteiger partial charge in [-0.15, -0.1) is 0 Å². The van der Waals surface area contributed by atoms with Gasteiger partial charge in [0.15, 0.2) is 11.5 Å². The van der Waals surface area contributed by atoms with Gasteiger partial charge in [0.25, 0.3) is 5.91 Å². The van der Waals surface area contributed by atoms with Crippen molar-refractivity contribution in [1.29, 1.82) is 0 Å². The van der Waals surface area contributed by atoms with E-state index in [1.54, 1.807) is 12.1 Å². The van der Waals surface area contributed by atoms with Gasteiger partial charge in [0.2, 0.25) is 5.91 Å². The van der Waals surface area contributed by atoms with Gasteiger partial charge in [0.1, 0.15) is 0 Å². The van der Waals surface area contributed by atoms with E-state index in [1.807, 2.05) is 32.6 Å². The highest BCUT2D eigenvalue weighted by Crippen LogP contribution is 2.36. The molecule has 0 aromatic heterocycles. The summed E-state index contributed by atoms with van der Waals surface area (Å²) < 4.78 is 11.1. The van der Waals surface area contributed by atoms with Crippen LogP contribution in [-0.2, 0) is 4.79 Å². The Kier molecular flexibility index (Phi) is 8.62. The number of hydrogen-bond donors (Lipinski definition) is 1. The SMILES string of the molecule is COc1cc(C(=O)NC2CCN(C(=O)CC(C)C)CC2)cc(Cl)c1OCC(C)C. The fourth-order valence-electron chi connectivity index (χ4n) is 3.26. The van der Waals surface area contributed by atoms with Gasteiger partial charge in [0.05, 0.1) is 18.7 Å². The molecule has 0 spiro atoms. The van der Waals surface area contributed by atoms with E-state index in [0.29, 0.717) is 60.0 Å². The van der Waals surface area contributed by atoms with E-state index < -0.39 is 0 Å². The standard InChI is InChI=1S/C22H33ClN2O4/c1-14(2)10-20(26)25-8-6-17(7-9-25)24-22(27)16-11-18(23)21(19(12-16)28-5)29-13-15(3)4/h11-12,14-15,17H,6-10,13H2,1-5H3,(H,24,27). The summed E-state index contributed by atoms with van der Waals surface area (Å²) in [6.45, 7) is 10.0. The Morgan fingerprint density at radius 2 is 1.83 bits per heavy atom. The van der Waals surface area contributed by atoms with Gasteiger partial charge in [-0.2, -0.15) is 0 Å². The Labute approximate surface area is 178 Å². The van der Waals surface area contributed by atoms with Crippen molar-refractivity contribution in [2.75, 3.05) is 26.8 Å². The summed E-state index contributed by atoms with van der Waals surface area (Å²) in [5.41, 5.74) is 0.432. The minimum atomic E-state index is -0.201. The number of nitrogens with one attached hydrogen (secondary N) is 1. The molecule has 1 fully saturated rings. The molecule has 1 aliphatic heterocycles. The summed E-state index contributed by atoms with van der Waals surface area (Å²) in [6.07, 6.45) is 2.06. The van der Waals surface area contributed by atoms with Crippen LogP contribution in [0.5, 0.6) is 11.5 Å². The van der Waals surface area contributed by atoms with Gasteiger partial charge in [-0.3, -0.25) is 9.59 Å². The van der Waals surface area contributed by atoms with Crippen LogP contribution in [0.2, 0.25) is 5.02 Å². The molecule has 7 heteroatoms. The third-order valence-corrected chi connectivity index (χ3v) is 5.10. The zero-order valence-electron chi connectivity index (χ0n) is 18.1. The number of carbonyl (C=O) groups is 2. The zero-order chi connectivity index (χ0) is 21.6. The van der Waals surface area contributed by atoms with E-state index in [1.165, 1.54) is 7.11 Å². The molecule has 162 valence electrons. The maximum absolute atomic E-state index is 12.7. The third-order valence-electron chi connectivity index (χ3n) is 4.82. The van der Waals surface area contributed by atoms with Gasteiger partial charge in [-0.25, -0.2) is 0 Å². The number of hydrogen-bond acceptors (Lipinski definition) is 4. The van der Waals surface area contributed by atoms with Crippen molar-refractivity contribution in [3.8, 4) is 11.5 Å². The van der Waals surface area contributed by atoms with Crippen molar-refractivity contribution >= 4 is 23.4 Å². The van der Waals surface area contributed by atoms with Crippen LogP contribution in [0.15, 0.2) is 12.1 Å². The average molecular weight is 425 g/mol. The Morgan fingerprint density at radius 1 is 1.17 bits per heavy atom. The summed E-state index contributed by atoms with van der Waals surface area (Å²) in [7, 11) is 1.53. The molecular formula is C22H33ClN2O4. The number of likely N-dealkylation sites (tertiary alicyclic amines) is 1. The van der Waals surface area contributed by atoms with Gasteiger partial charge >= 0.3 is 0 Å². The van der Waals surface area contributed by atoms with E-state index >= 15 is 0 Å². The van der Waals surface area contributed by atoms with E-state index in [2.05, 4.69) is 5.32 Å². The van der Waals surface area contributed by atoms with Crippen molar-refractivity contribution < 1.29 is 19.1 Å². The molecule has 0 unspecified atom stereocenters. The molecular weight excluding hydrogens is 392 g/mol. The molecule has 2 amide bonds. The van der Waals surface area contributed by atoms with Crippen LogP contribution in [-0.4, -0.2) is 49.6 Å². The summed E-state index contributed by atoms with van der Waals surface area (Å²) in [4.78, 5) is 26.8.